The van der Waals surface area contributed by atoms with Crippen LogP contribution in [0.2, 0.25) is 0 Å². The van der Waals surface area contributed by atoms with Crippen molar-refractivity contribution in [2.75, 3.05) is 0 Å². The Kier molecular flexibility index (Phi) is 1.88. The zero-order chi connectivity index (χ0) is 9.54. The number of aliphatic hydroxyl groups is 1. The molecule has 3 rings (SSSR count). The van der Waals surface area contributed by atoms with Crippen LogP contribution in [0.25, 0.3) is 0 Å². The molecule has 0 amide bonds. The fourth-order valence-electron chi connectivity index (χ4n) is 3.27. The SMILES string of the molecule is OC1c2ccccc2C2CCCCC12. The van der Waals surface area contributed by atoms with Gasteiger partial charge in [-0.1, -0.05) is 37.1 Å². The lowest BCUT2D eigenvalue weighted by atomic mass is 9.79. The second-order valence-electron chi connectivity index (χ2n) is 4.63. The van der Waals surface area contributed by atoms with E-state index in [0.717, 1.165) is 0 Å². The van der Waals surface area contributed by atoms with Crippen LogP contribution in [0.15, 0.2) is 24.3 Å². The summed E-state index contributed by atoms with van der Waals surface area (Å²) in [6, 6.07) is 8.44. The molecule has 1 nitrogen and oxygen atoms in total. The van der Waals surface area contributed by atoms with E-state index in [1.165, 1.54) is 36.8 Å². The van der Waals surface area contributed by atoms with Crippen LogP contribution < -0.4 is 0 Å². The molecule has 1 saturated carbocycles. The first-order valence-corrected chi connectivity index (χ1v) is 5.65. The predicted molar refractivity (Wildman–Crippen MR) is 56.1 cm³/mol. The standard InChI is InChI=1S/C13H16O/c14-13-11-7-3-1-5-9(11)10-6-2-4-8-12(10)13/h1,3,5,7,10,12-14H,2,4,6,8H2. The molecule has 0 radical (unpaired) electrons. The monoisotopic (exact) mass is 188 g/mol. The number of hydrogen-bond acceptors (Lipinski definition) is 1. The molecule has 3 unspecified atom stereocenters. The third kappa shape index (κ3) is 1.05. The highest BCUT2D eigenvalue weighted by atomic mass is 16.3. The third-order valence-corrected chi connectivity index (χ3v) is 3.94. The molecule has 1 fully saturated rings. The van der Waals surface area contributed by atoms with Crippen molar-refractivity contribution in [2.45, 2.75) is 37.7 Å². The number of hydrogen-bond donors (Lipinski definition) is 1. The summed E-state index contributed by atoms with van der Waals surface area (Å²) in [6.07, 6.45) is 4.93. The number of rotatable bonds is 0. The van der Waals surface area contributed by atoms with Crippen LogP contribution >= 0.6 is 0 Å². The highest BCUT2D eigenvalue weighted by molar-refractivity contribution is 5.38. The Balaban J connectivity index is 2.06. The van der Waals surface area contributed by atoms with Gasteiger partial charge in [-0.05, 0) is 35.8 Å². The molecule has 0 aromatic heterocycles. The Labute approximate surface area is 84.8 Å². The normalized spacial score (nSPS) is 35.1. The summed E-state index contributed by atoms with van der Waals surface area (Å²) in [4.78, 5) is 0. The highest BCUT2D eigenvalue weighted by Gasteiger charge is 2.40. The molecule has 0 heterocycles. The minimum Gasteiger partial charge on any atom is -0.388 e. The molecule has 1 heteroatoms. The van der Waals surface area contributed by atoms with E-state index in [4.69, 9.17) is 0 Å². The largest absolute Gasteiger partial charge is 0.388 e. The summed E-state index contributed by atoms with van der Waals surface area (Å²) in [6.45, 7) is 0. The Hall–Kier alpha value is -0.820. The van der Waals surface area contributed by atoms with Gasteiger partial charge in [0.25, 0.3) is 0 Å². The number of benzene rings is 1. The van der Waals surface area contributed by atoms with E-state index < -0.39 is 0 Å². The van der Waals surface area contributed by atoms with Crippen molar-refractivity contribution in [2.24, 2.45) is 5.92 Å². The molecular weight excluding hydrogens is 172 g/mol. The molecule has 0 aliphatic heterocycles. The van der Waals surface area contributed by atoms with Crippen LogP contribution in [0.1, 0.15) is 48.8 Å². The molecule has 14 heavy (non-hydrogen) atoms. The Morgan fingerprint density at radius 3 is 2.57 bits per heavy atom. The van der Waals surface area contributed by atoms with Crippen molar-refractivity contribution in [3.8, 4) is 0 Å². The van der Waals surface area contributed by atoms with Crippen LogP contribution in [-0.4, -0.2) is 5.11 Å². The van der Waals surface area contributed by atoms with Crippen LogP contribution in [0.3, 0.4) is 0 Å². The van der Waals surface area contributed by atoms with Crippen LogP contribution in [0.4, 0.5) is 0 Å². The van der Waals surface area contributed by atoms with Gasteiger partial charge in [-0.2, -0.15) is 0 Å². The number of aliphatic hydroxyl groups excluding tert-OH is 1. The van der Waals surface area contributed by atoms with Crippen molar-refractivity contribution < 1.29 is 5.11 Å². The van der Waals surface area contributed by atoms with E-state index in [0.29, 0.717) is 11.8 Å². The lowest BCUT2D eigenvalue weighted by Gasteiger charge is -2.27. The molecule has 1 N–H and O–H groups in total. The van der Waals surface area contributed by atoms with Gasteiger partial charge in [0.15, 0.2) is 0 Å². The van der Waals surface area contributed by atoms with Gasteiger partial charge in [-0.25, -0.2) is 0 Å². The van der Waals surface area contributed by atoms with Gasteiger partial charge < -0.3 is 5.11 Å². The molecule has 1 aromatic rings. The quantitative estimate of drug-likeness (QED) is 0.663. The van der Waals surface area contributed by atoms with Gasteiger partial charge in [-0.15, -0.1) is 0 Å². The molecule has 2 aliphatic carbocycles. The average Bonchev–Trinajstić information content (AvgIpc) is 2.55. The number of fused-ring (bicyclic) bond motifs is 3. The Morgan fingerprint density at radius 2 is 1.71 bits per heavy atom. The van der Waals surface area contributed by atoms with Crippen molar-refractivity contribution in [3.63, 3.8) is 0 Å². The first-order valence-electron chi connectivity index (χ1n) is 5.65. The third-order valence-electron chi connectivity index (χ3n) is 3.94. The maximum absolute atomic E-state index is 10.2. The fraction of sp³-hybridized carbons (Fsp3) is 0.538. The maximum Gasteiger partial charge on any atom is 0.0826 e. The van der Waals surface area contributed by atoms with E-state index in [9.17, 15) is 5.11 Å². The van der Waals surface area contributed by atoms with Crippen LogP contribution in [0.5, 0.6) is 0 Å². The molecular formula is C13H16O. The predicted octanol–water partition coefficient (Wildman–Crippen LogP) is 3.01. The van der Waals surface area contributed by atoms with Crippen molar-refractivity contribution in [1.82, 2.24) is 0 Å². The van der Waals surface area contributed by atoms with Crippen molar-refractivity contribution in [1.29, 1.82) is 0 Å². The Morgan fingerprint density at radius 1 is 1.00 bits per heavy atom. The van der Waals surface area contributed by atoms with Crippen molar-refractivity contribution in [3.05, 3.63) is 35.4 Å². The minimum absolute atomic E-state index is 0.184. The van der Waals surface area contributed by atoms with Gasteiger partial charge in [0.2, 0.25) is 0 Å². The average molecular weight is 188 g/mol. The zero-order valence-electron chi connectivity index (χ0n) is 8.32. The molecule has 74 valence electrons. The molecule has 1 aromatic carbocycles. The Bertz CT molecular complexity index is 345. The van der Waals surface area contributed by atoms with E-state index >= 15 is 0 Å². The van der Waals surface area contributed by atoms with Crippen LogP contribution in [0, 0.1) is 5.92 Å². The molecule has 3 atom stereocenters. The summed E-state index contributed by atoms with van der Waals surface area (Å²) in [7, 11) is 0. The molecule has 2 aliphatic rings. The van der Waals surface area contributed by atoms with Crippen LogP contribution in [-0.2, 0) is 0 Å². The second-order valence-corrected chi connectivity index (χ2v) is 4.63. The van der Waals surface area contributed by atoms with Gasteiger partial charge >= 0.3 is 0 Å². The maximum atomic E-state index is 10.2. The summed E-state index contributed by atoms with van der Waals surface area (Å²) in [5.74, 6) is 1.16. The second kappa shape index (κ2) is 3.09. The summed E-state index contributed by atoms with van der Waals surface area (Å²) >= 11 is 0. The topological polar surface area (TPSA) is 20.2 Å². The highest BCUT2D eigenvalue weighted by Crippen LogP contribution is 2.51. The molecule has 0 bridgehead atoms. The first kappa shape index (κ1) is 8.49. The zero-order valence-corrected chi connectivity index (χ0v) is 8.32. The minimum atomic E-state index is -0.184. The summed E-state index contributed by atoms with van der Waals surface area (Å²) in [5.41, 5.74) is 2.62. The van der Waals surface area contributed by atoms with E-state index in [1.807, 2.05) is 6.07 Å². The summed E-state index contributed by atoms with van der Waals surface area (Å²) in [5, 5.41) is 10.2. The molecule has 0 spiro atoms. The smallest absolute Gasteiger partial charge is 0.0826 e. The lowest BCUT2D eigenvalue weighted by Crippen LogP contribution is -2.16. The molecule has 0 saturated heterocycles. The summed E-state index contributed by atoms with van der Waals surface area (Å²) < 4.78 is 0. The van der Waals surface area contributed by atoms with Gasteiger partial charge in [0, 0.05) is 0 Å². The van der Waals surface area contributed by atoms with E-state index in [-0.39, 0.29) is 6.10 Å². The van der Waals surface area contributed by atoms with Gasteiger partial charge in [-0.3, -0.25) is 0 Å². The van der Waals surface area contributed by atoms with Crippen molar-refractivity contribution >= 4 is 0 Å². The van der Waals surface area contributed by atoms with Gasteiger partial charge in [0.1, 0.15) is 0 Å². The van der Waals surface area contributed by atoms with E-state index in [1.54, 1.807) is 0 Å². The first-order chi connectivity index (χ1) is 6.88. The lowest BCUT2D eigenvalue weighted by molar-refractivity contribution is 0.0907. The van der Waals surface area contributed by atoms with E-state index in [2.05, 4.69) is 18.2 Å². The fourth-order valence-corrected chi connectivity index (χ4v) is 3.27. The van der Waals surface area contributed by atoms with Gasteiger partial charge in [0.05, 0.1) is 6.10 Å².